The van der Waals surface area contributed by atoms with Crippen LogP contribution in [0, 0.1) is 0 Å². The molecule has 1 fully saturated rings. The third-order valence-electron chi connectivity index (χ3n) is 3.32. The van der Waals surface area contributed by atoms with Crippen molar-refractivity contribution < 1.29 is 9.21 Å². The summed E-state index contributed by atoms with van der Waals surface area (Å²) in [5.74, 6) is 2.89. The number of oxazole rings is 1. The Balaban J connectivity index is 1.56. The molecule has 1 unspecified atom stereocenters. The van der Waals surface area contributed by atoms with Gasteiger partial charge in [0.15, 0.2) is 12.2 Å². The van der Waals surface area contributed by atoms with E-state index in [1.165, 1.54) is 6.39 Å². The Morgan fingerprint density at radius 2 is 2.29 bits per heavy atom. The van der Waals surface area contributed by atoms with Crippen molar-refractivity contribution in [3.8, 4) is 11.3 Å². The number of benzene rings is 1. The molecule has 0 radical (unpaired) electrons. The lowest BCUT2D eigenvalue weighted by Crippen LogP contribution is -2.39. The lowest BCUT2D eigenvalue weighted by atomic mass is 10.1. The summed E-state index contributed by atoms with van der Waals surface area (Å²) in [4.78, 5) is 15.9. The highest BCUT2D eigenvalue weighted by Crippen LogP contribution is 2.21. The number of nitrogens with zero attached hydrogens (tertiary/aromatic N) is 1. The van der Waals surface area contributed by atoms with Gasteiger partial charge >= 0.3 is 0 Å². The van der Waals surface area contributed by atoms with Gasteiger partial charge in [0.1, 0.15) is 0 Å². The Kier molecular flexibility index (Phi) is 4.57. The zero-order chi connectivity index (χ0) is 14.5. The first-order valence-electron chi connectivity index (χ1n) is 6.91. The highest BCUT2D eigenvalue weighted by molar-refractivity contribution is 7.99. The molecule has 1 aromatic heterocycles. The second-order valence-electron chi connectivity index (χ2n) is 4.92. The molecule has 1 amide bonds. The van der Waals surface area contributed by atoms with Crippen molar-refractivity contribution in [1.82, 2.24) is 10.3 Å². The average molecular weight is 303 g/mol. The molecule has 110 valence electrons. The summed E-state index contributed by atoms with van der Waals surface area (Å²) < 4.78 is 5.23. The third-order valence-corrected chi connectivity index (χ3v) is 4.45. The fourth-order valence-corrected chi connectivity index (χ4v) is 3.21. The first-order chi connectivity index (χ1) is 10.3. The first kappa shape index (κ1) is 14.2. The Morgan fingerprint density at radius 1 is 1.43 bits per heavy atom. The molecule has 1 aliphatic rings. The Bertz CT molecular complexity index is 577. The van der Waals surface area contributed by atoms with Crippen LogP contribution in [0.3, 0.4) is 0 Å². The molecule has 2 heterocycles. The second kappa shape index (κ2) is 6.78. The molecule has 0 bridgehead atoms. The van der Waals surface area contributed by atoms with Crippen LogP contribution in [0.15, 0.2) is 41.3 Å². The number of carbonyl (C=O) groups excluding carboxylic acids is 1. The number of anilines is 1. The lowest BCUT2D eigenvalue weighted by molar-refractivity contribution is -0.116. The van der Waals surface area contributed by atoms with Gasteiger partial charge in [-0.3, -0.25) is 4.79 Å². The van der Waals surface area contributed by atoms with Gasteiger partial charge in [0.05, 0.1) is 6.20 Å². The van der Waals surface area contributed by atoms with Gasteiger partial charge in [-0.25, -0.2) is 4.98 Å². The Labute approximate surface area is 127 Å². The van der Waals surface area contributed by atoms with Gasteiger partial charge in [-0.15, -0.1) is 0 Å². The Morgan fingerprint density at radius 3 is 2.95 bits per heavy atom. The Hall–Kier alpha value is -1.79. The zero-order valence-electron chi connectivity index (χ0n) is 11.5. The normalized spacial score (nSPS) is 18.4. The van der Waals surface area contributed by atoms with Crippen LogP contribution in [0.2, 0.25) is 0 Å². The quantitative estimate of drug-likeness (QED) is 0.907. The molecule has 2 N–H and O–H groups in total. The summed E-state index contributed by atoms with van der Waals surface area (Å²) in [6, 6.07) is 7.84. The maximum atomic E-state index is 12.0. The molecule has 0 saturated carbocycles. The third kappa shape index (κ3) is 3.86. The van der Waals surface area contributed by atoms with E-state index in [1.807, 2.05) is 36.0 Å². The SMILES string of the molecule is O=C(CC1CSCCN1)Nc1ccc(-c2cnco2)cc1. The predicted octanol–water partition coefficient (Wildman–Crippen LogP) is 2.38. The van der Waals surface area contributed by atoms with Crippen LogP contribution in [-0.4, -0.2) is 35.0 Å². The van der Waals surface area contributed by atoms with E-state index in [0.29, 0.717) is 6.42 Å². The van der Waals surface area contributed by atoms with E-state index in [1.54, 1.807) is 6.20 Å². The van der Waals surface area contributed by atoms with Crippen molar-refractivity contribution in [2.75, 3.05) is 23.4 Å². The van der Waals surface area contributed by atoms with Gasteiger partial charge in [0.2, 0.25) is 5.91 Å². The smallest absolute Gasteiger partial charge is 0.225 e. The molecule has 5 nitrogen and oxygen atoms in total. The van der Waals surface area contributed by atoms with Gasteiger partial charge in [-0.05, 0) is 24.3 Å². The fraction of sp³-hybridized carbons (Fsp3) is 0.333. The van der Waals surface area contributed by atoms with Crippen molar-refractivity contribution in [2.45, 2.75) is 12.5 Å². The minimum absolute atomic E-state index is 0.0439. The average Bonchev–Trinajstić information content (AvgIpc) is 3.03. The van der Waals surface area contributed by atoms with E-state index in [-0.39, 0.29) is 11.9 Å². The second-order valence-corrected chi connectivity index (χ2v) is 6.07. The van der Waals surface area contributed by atoms with E-state index in [4.69, 9.17) is 4.42 Å². The van der Waals surface area contributed by atoms with E-state index in [2.05, 4.69) is 15.6 Å². The van der Waals surface area contributed by atoms with Gasteiger partial charge in [0.25, 0.3) is 0 Å². The maximum Gasteiger partial charge on any atom is 0.225 e. The molecule has 1 aliphatic heterocycles. The van der Waals surface area contributed by atoms with Crippen molar-refractivity contribution >= 4 is 23.4 Å². The monoisotopic (exact) mass is 303 g/mol. The van der Waals surface area contributed by atoms with E-state index < -0.39 is 0 Å². The number of nitrogens with one attached hydrogen (secondary N) is 2. The molecular formula is C15H17N3O2S. The van der Waals surface area contributed by atoms with Crippen molar-refractivity contribution in [3.05, 3.63) is 36.9 Å². The summed E-state index contributed by atoms with van der Waals surface area (Å²) in [5.41, 5.74) is 1.74. The minimum atomic E-state index is 0.0439. The van der Waals surface area contributed by atoms with Crippen LogP contribution in [0.5, 0.6) is 0 Å². The molecule has 1 atom stereocenters. The summed E-state index contributed by atoms with van der Waals surface area (Å²) in [6.45, 7) is 0.981. The molecule has 0 spiro atoms. The molecule has 2 aromatic rings. The maximum absolute atomic E-state index is 12.0. The predicted molar refractivity (Wildman–Crippen MR) is 84.3 cm³/mol. The highest BCUT2D eigenvalue weighted by Gasteiger charge is 2.16. The number of carbonyl (C=O) groups is 1. The summed E-state index contributed by atoms with van der Waals surface area (Å²) in [7, 11) is 0. The summed E-state index contributed by atoms with van der Waals surface area (Å²) >= 11 is 1.89. The lowest BCUT2D eigenvalue weighted by Gasteiger charge is -2.22. The number of thioether (sulfide) groups is 1. The molecular weight excluding hydrogens is 286 g/mol. The van der Waals surface area contributed by atoms with Crippen LogP contribution in [-0.2, 0) is 4.79 Å². The van der Waals surface area contributed by atoms with E-state index >= 15 is 0 Å². The van der Waals surface area contributed by atoms with Crippen LogP contribution < -0.4 is 10.6 Å². The van der Waals surface area contributed by atoms with Crippen LogP contribution in [0.25, 0.3) is 11.3 Å². The first-order valence-corrected chi connectivity index (χ1v) is 8.06. The minimum Gasteiger partial charge on any atom is -0.444 e. The standard InChI is InChI=1S/C15H17N3O2S/c19-15(7-13-9-21-6-5-17-13)18-12-3-1-11(2-4-12)14-8-16-10-20-14/h1-4,8,10,13,17H,5-7,9H2,(H,18,19). The van der Waals surface area contributed by atoms with Gasteiger partial charge in [0, 0.05) is 41.8 Å². The van der Waals surface area contributed by atoms with Gasteiger partial charge in [-0.1, -0.05) is 0 Å². The number of hydrogen-bond acceptors (Lipinski definition) is 5. The molecule has 1 saturated heterocycles. The van der Waals surface area contributed by atoms with Gasteiger partial charge in [-0.2, -0.15) is 11.8 Å². The van der Waals surface area contributed by atoms with Crippen LogP contribution in [0.4, 0.5) is 5.69 Å². The van der Waals surface area contributed by atoms with Crippen molar-refractivity contribution in [2.24, 2.45) is 0 Å². The molecule has 3 rings (SSSR count). The zero-order valence-corrected chi connectivity index (χ0v) is 12.4. The van der Waals surface area contributed by atoms with E-state index in [0.717, 1.165) is 35.1 Å². The van der Waals surface area contributed by atoms with Crippen LogP contribution >= 0.6 is 11.8 Å². The summed E-state index contributed by atoms with van der Waals surface area (Å²) in [5, 5.41) is 6.29. The number of aromatic nitrogens is 1. The molecule has 6 heteroatoms. The fourth-order valence-electron chi connectivity index (χ4n) is 2.26. The number of hydrogen-bond donors (Lipinski definition) is 2. The summed E-state index contributed by atoms with van der Waals surface area (Å²) in [6.07, 6.45) is 3.58. The highest BCUT2D eigenvalue weighted by atomic mass is 32.2. The van der Waals surface area contributed by atoms with E-state index in [9.17, 15) is 4.79 Å². The van der Waals surface area contributed by atoms with Crippen molar-refractivity contribution in [3.63, 3.8) is 0 Å². The molecule has 21 heavy (non-hydrogen) atoms. The number of rotatable bonds is 4. The molecule has 1 aromatic carbocycles. The van der Waals surface area contributed by atoms with Crippen LogP contribution in [0.1, 0.15) is 6.42 Å². The number of amides is 1. The van der Waals surface area contributed by atoms with Crippen molar-refractivity contribution in [1.29, 1.82) is 0 Å². The topological polar surface area (TPSA) is 67.2 Å². The van der Waals surface area contributed by atoms with Gasteiger partial charge < -0.3 is 15.1 Å². The largest absolute Gasteiger partial charge is 0.444 e. The molecule has 0 aliphatic carbocycles.